The van der Waals surface area contributed by atoms with Crippen molar-refractivity contribution in [1.29, 1.82) is 5.26 Å². The molecular formula is C12H19F6N4O4P. The maximum absolute atomic E-state index is 11.4. The van der Waals surface area contributed by atoms with Crippen molar-refractivity contribution in [3.8, 4) is 6.07 Å². The van der Waals surface area contributed by atoms with Crippen LogP contribution in [0.3, 0.4) is 0 Å². The number of halogens is 6. The Hall–Kier alpha value is -2.13. The van der Waals surface area contributed by atoms with Crippen LogP contribution >= 0.6 is 7.81 Å². The van der Waals surface area contributed by atoms with Crippen LogP contribution in [0.4, 0.5) is 25.2 Å². The van der Waals surface area contributed by atoms with Gasteiger partial charge in [-0.1, -0.05) is 5.16 Å². The second kappa shape index (κ2) is 8.71. The van der Waals surface area contributed by atoms with Crippen LogP contribution in [0, 0.1) is 11.3 Å². The van der Waals surface area contributed by atoms with Gasteiger partial charge in [0.05, 0.1) is 33.9 Å². The van der Waals surface area contributed by atoms with Crippen molar-refractivity contribution in [1.82, 2.24) is 4.90 Å². The van der Waals surface area contributed by atoms with E-state index >= 15 is 0 Å². The molecule has 15 heteroatoms. The molecule has 1 aliphatic heterocycles. The van der Waals surface area contributed by atoms with E-state index in [-0.39, 0.29) is 6.61 Å². The van der Waals surface area contributed by atoms with E-state index in [1.807, 2.05) is 4.90 Å². The monoisotopic (exact) mass is 428 g/mol. The fourth-order valence-electron chi connectivity index (χ4n) is 1.57. The molecule has 0 aromatic carbocycles. The van der Waals surface area contributed by atoms with E-state index in [4.69, 9.17) is 19.6 Å². The van der Waals surface area contributed by atoms with Gasteiger partial charge in [0.1, 0.15) is 19.2 Å². The zero-order valence-electron chi connectivity index (χ0n) is 14.7. The van der Waals surface area contributed by atoms with Gasteiger partial charge < -0.3 is 9.47 Å². The molecule has 0 amide bonds. The summed E-state index contributed by atoms with van der Waals surface area (Å²) in [7, 11) is -7.08. The van der Waals surface area contributed by atoms with Gasteiger partial charge in [-0.3, -0.25) is 4.84 Å². The molecule has 0 N–H and O–H groups in total. The number of hydrogen-bond donors (Lipinski definition) is 0. The van der Waals surface area contributed by atoms with Gasteiger partial charge in [0.15, 0.2) is 0 Å². The quantitative estimate of drug-likeness (QED) is 0.131. The second-order valence-electron chi connectivity index (χ2n) is 5.10. The van der Waals surface area contributed by atoms with Crippen LogP contribution in [0.25, 0.3) is 0 Å². The predicted molar refractivity (Wildman–Crippen MR) is 83.8 cm³/mol. The van der Waals surface area contributed by atoms with E-state index in [1.54, 1.807) is 31.7 Å². The number of amidine groups is 1. The van der Waals surface area contributed by atoms with Crippen molar-refractivity contribution in [2.45, 2.75) is 6.92 Å². The summed E-state index contributed by atoms with van der Waals surface area (Å²) in [4.78, 5) is 18.6. The molecule has 1 saturated heterocycles. The first-order valence-electron chi connectivity index (χ1n) is 7.30. The molecule has 0 radical (unpaired) electrons. The average molecular weight is 428 g/mol. The van der Waals surface area contributed by atoms with Crippen LogP contribution in [0.5, 0.6) is 0 Å². The average Bonchev–Trinajstić information content (AvgIpc) is 2.49. The van der Waals surface area contributed by atoms with E-state index in [1.165, 1.54) is 0 Å². The summed E-state index contributed by atoms with van der Waals surface area (Å²) in [6.45, 7) is 4.32. The molecular weight excluding hydrogens is 409 g/mol. The first-order valence-corrected chi connectivity index (χ1v) is 9.33. The Bertz CT molecular complexity index is 623. The number of ether oxygens (including phenoxy) is 2. The molecule has 0 aliphatic carbocycles. The SMILES string of the molecule is CCOC(=O)C(C#N)=NOC(N1CCOCC1)=[N+](C)C.F[P-](F)(F)(F)(F)F. The summed E-state index contributed by atoms with van der Waals surface area (Å²) in [6, 6.07) is 2.11. The van der Waals surface area contributed by atoms with Crippen molar-refractivity contribution in [2.75, 3.05) is 47.0 Å². The third-order valence-corrected chi connectivity index (χ3v) is 2.46. The van der Waals surface area contributed by atoms with Crippen molar-refractivity contribution < 1.29 is 48.9 Å². The number of nitriles is 1. The predicted octanol–water partition coefficient (Wildman–Crippen LogP) is 2.79. The fraction of sp³-hybridized carbons (Fsp3) is 0.667. The summed E-state index contributed by atoms with van der Waals surface area (Å²) < 4.78 is 70.9. The van der Waals surface area contributed by atoms with Crippen molar-refractivity contribution in [3.63, 3.8) is 0 Å². The Balaban J connectivity index is 0.000000821. The number of nitrogens with zero attached hydrogens (tertiary/aromatic N) is 4. The van der Waals surface area contributed by atoms with E-state index in [2.05, 4.69) is 5.16 Å². The van der Waals surface area contributed by atoms with Crippen LogP contribution in [-0.2, 0) is 19.1 Å². The molecule has 0 aromatic rings. The van der Waals surface area contributed by atoms with Gasteiger partial charge in [-0.05, 0) is 6.92 Å². The van der Waals surface area contributed by atoms with Gasteiger partial charge in [-0.25, -0.2) is 14.3 Å². The number of oxime groups is 1. The zero-order chi connectivity index (χ0) is 21.4. The summed E-state index contributed by atoms with van der Waals surface area (Å²) >= 11 is 0. The Morgan fingerprint density at radius 1 is 1.22 bits per heavy atom. The van der Waals surface area contributed by atoms with Gasteiger partial charge in [0.25, 0.3) is 5.71 Å². The van der Waals surface area contributed by atoms with Gasteiger partial charge in [-0.2, -0.15) is 5.26 Å². The molecule has 1 heterocycles. The maximum atomic E-state index is 11.4. The standard InChI is InChI=1S/C12H19N4O4.F6P/c1-4-19-11(17)10(9-13)14-20-12(15(2)3)16-5-7-18-8-6-16;1-7(2,3,4,5)6/h4-8H2,1-3H3;/q+1;-1. The van der Waals surface area contributed by atoms with Gasteiger partial charge in [0.2, 0.25) is 0 Å². The molecule has 158 valence electrons. The summed E-state index contributed by atoms with van der Waals surface area (Å²) in [5.74, 6) is -0.796. The van der Waals surface area contributed by atoms with Crippen molar-refractivity contribution in [2.24, 2.45) is 5.16 Å². The molecule has 0 atom stereocenters. The molecule has 0 spiro atoms. The molecule has 0 aromatic heterocycles. The third kappa shape index (κ3) is 14.7. The fourth-order valence-corrected chi connectivity index (χ4v) is 1.57. The zero-order valence-corrected chi connectivity index (χ0v) is 15.6. The van der Waals surface area contributed by atoms with E-state index in [9.17, 15) is 30.0 Å². The van der Waals surface area contributed by atoms with Crippen LogP contribution < -0.4 is 0 Å². The third-order valence-electron chi connectivity index (χ3n) is 2.46. The second-order valence-corrected chi connectivity index (χ2v) is 7.01. The molecule has 8 nitrogen and oxygen atoms in total. The number of morpholine rings is 1. The molecule has 27 heavy (non-hydrogen) atoms. The Labute approximate surface area is 150 Å². The molecule has 1 aliphatic rings. The van der Waals surface area contributed by atoms with Gasteiger partial charge in [0, 0.05) is 0 Å². The first kappa shape index (κ1) is 24.9. The van der Waals surface area contributed by atoms with Gasteiger partial charge >= 0.3 is 45.0 Å². The number of rotatable bonds is 3. The van der Waals surface area contributed by atoms with E-state index in [0.717, 1.165) is 0 Å². The summed E-state index contributed by atoms with van der Waals surface area (Å²) in [5.41, 5.74) is -0.417. The number of hydrogen-bond acceptors (Lipinski definition) is 6. The van der Waals surface area contributed by atoms with Crippen LogP contribution in [0.15, 0.2) is 5.16 Å². The number of carbonyl (C=O) groups is 1. The summed E-state index contributed by atoms with van der Waals surface area (Å²) in [5, 5.41) is 12.4. The Morgan fingerprint density at radius 3 is 2.07 bits per heavy atom. The van der Waals surface area contributed by atoms with Crippen LogP contribution in [-0.4, -0.2) is 74.2 Å². The van der Waals surface area contributed by atoms with Crippen molar-refractivity contribution >= 4 is 25.5 Å². The van der Waals surface area contributed by atoms with E-state index in [0.29, 0.717) is 32.3 Å². The minimum absolute atomic E-state index is 0.174. The summed E-state index contributed by atoms with van der Waals surface area (Å²) in [6.07, 6.45) is 0. The molecule has 0 bridgehead atoms. The van der Waals surface area contributed by atoms with Crippen LogP contribution in [0.2, 0.25) is 0 Å². The molecule has 0 saturated carbocycles. The molecule has 1 fully saturated rings. The first-order chi connectivity index (χ1) is 12.0. The molecule has 0 unspecified atom stereocenters. The topological polar surface area (TPSA) is 87.2 Å². The minimum atomic E-state index is -10.7. The van der Waals surface area contributed by atoms with E-state index < -0.39 is 19.5 Å². The number of carbonyl (C=O) groups excluding carboxylic acids is 1. The Kier molecular flexibility index (Phi) is 8.02. The van der Waals surface area contributed by atoms with Gasteiger partial charge in [-0.15, -0.1) is 0 Å². The molecule has 1 rings (SSSR count). The van der Waals surface area contributed by atoms with Crippen molar-refractivity contribution in [3.05, 3.63) is 0 Å². The Morgan fingerprint density at radius 2 is 1.70 bits per heavy atom. The van der Waals surface area contributed by atoms with Crippen LogP contribution in [0.1, 0.15) is 6.92 Å². The normalized spacial score (nSPS) is 17.3. The number of esters is 1.